The van der Waals surface area contributed by atoms with E-state index in [-0.39, 0.29) is 0 Å². The van der Waals surface area contributed by atoms with E-state index in [1.54, 1.807) is 24.4 Å². The van der Waals surface area contributed by atoms with Crippen molar-refractivity contribution in [2.75, 3.05) is 5.43 Å². The number of thiazole rings is 1. The van der Waals surface area contributed by atoms with E-state index in [4.69, 9.17) is 34.8 Å². The third-order valence-electron chi connectivity index (χ3n) is 2.55. The molecule has 0 atom stereocenters. The fourth-order valence-electron chi connectivity index (χ4n) is 1.63. The van der Waals surface area contributed by atoms with Crippen LogP contribution in [0.15, 0.2) is 34.9 Å². The van der Waals surface area contributed by atoms with Gasteiger partial charge in [-0.15, -0.1) is 11.3 Å². The van der Waals surface area contributed by atoms with Crippen molar-refractivity contribution in [2.24, 2.45) is 5.10 Å². The van der Waals surface area contributed by atoms with Gasteiger partial charge in [-0.3, -0.25) is 9.83 Å². The number of benzene rings is 1. The van der Waals surface area contributed by atoms with Gasteiger partial charge < -0.3 is 0 Å². The van der Waals surface area contributed by atoms with Gasteiger partial charge in [0.1, 0.15) is 5.69 Å². The number of nitrogens with one attached hydrogen (secondary N) is 1. The molecule has 3 aromatic rings. The predicted molar refractivity (Wildman–Crippen MR) is 85.8 cm³/mol. The summed E-state index contributed by atoms with van der Waals surface area (Å²) in [6.45, 7) is 0. The first-order valence-corrected chi connectivity index (χ1v) is 7.51. The molecule has 0 bridgehead atoms. The van der Waals surface area contributed by atoms with Gasteiger partial charge in [0, 0.05) is 11.6 Å². The molecule has 8 heteroatoms. The van der Waals surface area contributed by atoms with Crippen molar-refractivity contribution in [3.63, 3.8) is 0 Å². The molecule has 1 aromatic carbocycles. The van der Waals surface area contributed by atoms with Crippen LogP contribution < -0.4 is 5.43 Å². The van der Waals surface area contributed by atoms with Gasteiger partial charge in [0.25, 0.3) is 0 Å². The number of aromatic nitrogens is 2. The number of fused-ring (bicyclic) bond motifs is 1. The lowest BCUT2D eigenvalue weighted by atomic mass is 10.3. The molecule has 0 aliphatic rings. The number of hydrogen-bond acceptors (Lipinski definition) is 4. The monoisotopic (exact) mass is 344 g/mol. The summed E-state index contributed by atoms with van der Waals surface area (Å²) >= 11 is 19.3. The van der Waals surface area contributed by atoms with Crippen LogP contribution in [0.1, 0.15) is 5.69 Å². The SMILES string of the molecule is Clc1ccc(N/N=C/c2c(Cl)nc3sccn23)cc1Cl. The lowest BCUT2D eigenvalue weighted by molar-refractivity contribution is 1.21. The van der Waals surface area contributed by atoms with Crippen molar-refractivity contribution < 1.29 is 0 Å². The van der Waals surface area contributed by atoms with Gasteiger partial charge in [0.05, 0.1) is 21.9 Å². The standard InChI is InChI=1S/C12H7Cl3N4S/c13-8-2-1-7(5-9(8)14)18-16-6-10-11(15)17-12-19(10)3-4-20-12/h1-6,18H/b16-6+. The molecule has 2 aromatic heterocycles. The summed E-state index contributed by atoms with van der Waals surface area (Å²) in [5.74, 6) is 0. The Morgan fingerprint density at radius 3 is 2.90 bits per heavy atom. The number of hydrogen-bond donors (Lipinski definition) is 1. The Balaban J connectivity index is 1.82. The van der Waals surface area contributed by atoms with Crippen LogP contribution in [0.5, 0.6) is 0 Å². The molecule has 0 unspecified atom stereocenters. The van der Waals surface area contributed by atoms with E-state index in [9.17, 15) is 0 Å². The Morgan fingerprint density at radius 2 is 2.10 bits per heavy atom. The molecular weight excluding hydrogens is 339 g/mol. The predicted octanol–water partition coefficient (Wildman–Crippen LogP) is 4.80. The quantitative estimate of drug-likeness (QED) is 0.547. The Bertz CT molecular complexity index is 793. The zero-order valence-electron chi connectivity index (χ0n) is 9.85. The molecule has 0 aliphatic carbocycles. The number of nitrogens with zero attached hydrogens (tertiary/aromatic N) is 3. The highest BCUT2D eigenvalue weighted by molar-refractivity contribution is 7.15. The van der Waals surface area contributed by atoms with E-state index < -0.39 is 0 Å². The second kappa shape index (κ2) is 5.61. The molecule has 4 nitrogen and oxygen atoms in total. The third kappa shape index (κ3) is 2.62. The molecule has 0 radical (unpaired) electrons. The van der Waals surface area contributed by atoms with Gasteiger partial charge in [-0.05, 0) is 18.2 Å². The summed E-state index contributed by atoms with van der Waals surface area (Å²) in [6.07, 6.45) is 3.50. The Labute approximate surface area is 133 Å². The van der Waals surface area contributed by atoms with Gasteiger partial charge >= 0.3 is 0 Å². The topological polar surface area (TPSA) is 41.7 Å². The maximum atomic E-state index is 6.05. The van der Waals surface area contributed by atoms with E-state index in [0.717, 1.165) is 16.3 Å². The molecule has 1 N–H and O–H groups in total. The second-order valence-corrected chi connectivity index (χ2v) is 5.89. The van der Waals surface area contributed by atoms with Gasteiger partial charge in [-0.2, -0.15) is 5.10 Å². The largest absolute Gasteiger partial charge is 0.288 e. The summed E-state index contributed by atoms with van der Waals surface area (Å²) in [4.78, 5) is 5.04. The molecular formula is C12H7Cl3N4S. The molecule has 3 rings (SSSR count). The minimum Gasteiger partial charge on any atom is -0.288 e. The number of anilines is 1. The number of imidazole rings is 1. The highest BCUT2D eigenvalue weighted by Crippen LogP contribution is 2.25. The zero-order chi connectivity index (χ0) is 14.1. The lowest BCUT2D eigenvalue weighted by Gasteiger charge is -2.01. The van der Waals surface area contributed by atoms with Crippen LogP contribution in [-0.2, 0) is 0 Å². The second-order valence-electron chi connectivity index (χ2n) is 3.84. The molecule has 0 fully saturated rings. The molecule has 102 valence electrons. The minimum absolute atomic E-state index is 0.413. The smallest absolute Gasteiger partial charge is 0.195 e. The summed E-state index contributed by atoms with van der Waals surface area (Å²) in [6, 6.07) is 5.17. The van der Waals surface area contributed by atoms with Crippen LogP contribution in [-0.4, -0.2) is 15.6 Å². The number of rotatable bonds is 3. The van der Waals surface area contributed by atoms with Crippen LogP contribution in [0.4, 0.5) is 5.69 Å². The van der Waals surface area contributed by atoms with Gasteiger partial charge in [0.15, 0.2) is 10.1 Å². The highest BCUT2D eigenvalue weighted by atomic mass is 35.5. The van der Waals surface area contributed by atoms with Crippen LogP contribution >= 0.6 is 46.1 Å². The average molecular weight is 346 g/mol. The lowest BCUT2D eigenvalue weighted by Crippen LogP contribution is -1.93. The maximum absolute atomic E-state index is 6.05. The summed E-state index contributed by atoms with van der Waals surface area (Å²) in [5.41, 5.74) is 4.32. The van der Waals surface area contributed by atoms with Gasteiger partial charge in [-0.25, -0.2) is 4.98 Å². The van der Waals surface area contributed by atoms with Crippen LogP contribution in [0.2, 0.25) is 15.2 Å². The van der Waals surface area contributed by atoms with E-state index in [2.05, 4.69) is 15.5 Å². The number of halogens is 3. The van der Waals surface area contributed by atoms with E-state index >= 15 is 0 Å². The molecule has 0 spiro atoms. The Kier molecular flexibility index (Phi) is 3.85. The normalized spacial score (nSPS) is 11.6. The van der Waals surface area contributed by atoms with E-state index in [1.165, 1.54) is 11.3 Å². The first kappa shape index (κ1) is 13.7. The molecule has 0 aliphatic heterocycles. The summed E-state index contributed by atoms with van der Waals surface area (Å²) in [7, 11) is 0. The molecule has 20 heavy (non-hydrogen) atoms. The molecule has 0 amide bonds. The maximum Gasteiger partial charge on any atom is 0.195 e. The van der Waals surface area contributed by atoms with Gasteiger partial charge in [0.2, 0.25) is 0 Å². The summed E-state index contributed by atoms with van der Waals surface area (Å²) in [5, 5.41) is 7.44. The van der Waals surface area contributed by atoms with Crippen molar-refractivity contribution in [1.29, 1.82) is 0 Å². The third-order valence-corrected chi connectivity index (χ3v) is 4.33. The minimum atomic E-state index is 0.413. The molecule has 0 saturated carbocycles. The fraction of sp³-hybridized carbons (Fsp3) is 0. The Hall–Kier alpha value is -1.27. The van der Waals surface area contributed by atoms with Crippen molar-refractivity contribution in [2.45, 2.75) is 0 Å². The average Bonchev–Trinajstić information content (AvgIpc) is 2.96. The van der Waals surface area contributed by atoms with E-state index in [1.807, 2.05) is 16.0 Å². The van der Waals surface area contributed by atoms with Crippen LogP contribution in [0.25, 0.3) is 4.96 Å². The fourth-order valence-corrected chi connectivity index (χ4v) is 2.92. The van der Waals surface area contributed by atoms with Crippen molar-refractivity contribution >= 4 is 63.0 Å². The first-order valence-electron chi connectivity index (χ1n) is 5.50. The molecule has 0 saturated heterocycles. The van der Waals surface area contributed by atoms with Crippen molar-refractivity contribution in [3.8, 4) is 0 Å². The highest BCUT2D eigenvalue weighted by Gasteiger charge is 2.08. The van der Waals surface area contributed by atoms with Gasteiger partial charge in [-0.1, -0.05) is 34.8 Å². The summed E-state index contributed by atoms with van der Waals surface area (Å²) < 4.78 is 1.87. The first-order chi connectivity index (χ1) is 9.65. The zero-order valence-corrected chi connectivity index (χ0v) is 12.9. The van der Waals surface area contributed by atoms with Crippen molar-refractivity contribution in [3.05, 3.63) is 50.7 Å². The number of hydrazone groups is 1. The van der Waals surface area contributed by atoms with Crippen LogP contribution in [0, 0.1) is 0 Å². The van der Waals surface area contributed by atoms with Crippen molar-refractivity contribution in [1.82, 2.24) is 9.38 Å². The van der Waals surface area contributed by atoms with Crippen LogP contribution in [0.3, 0.4) is 0 Å². The molecule has 2 heterocycles. The Morgan fingerprint density at radius 1 is 1.25 bits per heavy atom. The van der Waals surface area contributed by atoms with E-state index in [0.29, 0.717) is 15.2 Å².